The number of amides is 3. The van der Waals surface area contributed by atoms with Gasteiger partial charge in [-0.3, -0.25) is 19.7 Å². The van der Waals surface area contributed by atoms with Crippen molar-refractivity contribution in [1.29, 1.82) is 0 Å². The van der Waals surface area contributed by atoms with Crippen LogP contribution in [0.1, 0.15) is 28.8 Å². The van der Waals surface area contributed by atoms with Gasteiger partial charge in [-0.2, -0.15) is 0 Å². The van der Waals surface area contributed by atoms with Crippen LogP contribution in [-0.4, -0.2) is 35.2 Å². The van der Waals surface area contributed by atoms with Gasteiger partial charge in [0.15, 0.2) is 0 Å². The molecule has 0 aliphatic carbocycles. The number of hydrogen-bond acceptors (Lipinski definition) is 5. The van der Waals surface area contributed by atoms with Crippen LogP contribution in [-0.2, 0) is 20.9 Å². The van der Waals surface area contributed by atoms with Crippen LogP contribution in [0.3, 0.4) is 0 Å². The molecule has 0 spiro atoms. The summed E-state index contributed by atoms with van der Waals surface area (Å²) in [7, 11) is 0. The van der Waals surface area contributed by atoms with E-state index in [2.05, 4.69) is 23.8 Å². The molecule has 0 radical (unpaired) electrons. The number of hydrogen-bond donors (Lipinski definition) is 2. The Kier molecular flexibility index (Phi) is 4.56. The number of anilines is 1. The first-order valence-electron chi connectivity index (χ1n) is 7.97. The van der Waals surface area contributed by atoms with E-state index in [0.29, 0.717) is 30.8 Å². The van der Waals surface area contributed by atoms with Crippen molar-refractivity contribution in [2.24, 2.45) is 0 Å². The third-order valence-electron chi connectivity index (χ3n) is 4.31. The molecule has 25 heavy (non-hydrogen) atoms. The molecule has 0 saturated carbocycles. The van der Waals surface area contributed by atoms with Crippen LogP contribution in [0.2, 0.25) is 0 Å². The molecule has 2 N–H and O–H groups in total. The van der Waals surface area contributed by atoms with Gasteiger partial charge >= 0.3 is 0 Å². The van der Waals surface area contributed by atoms with Gasteiger partial charge in [0.2, 0.25) is 11.8 Å². The van der Waals surface area contributed by atoms with Crippen LogP contribution < -0.4 is 10.6 Å². The summed E-state index contributed by atoms with van der Waals surface area (Å²) in [5.41, 5.74) is 2.17. The van der Waals surface area contributed by atoms with Crippen LogP contribution >= 0.6 is 0 Å². The third kappa shape index (κ3) is 3.26. The van der Waals surface area contributed by atoms with Gasteiger partial charge in [-0.25, -0.2) is 0 Å². The minimum atomic E-state index is -0.621. The zero-order valence-corrected chi connectivity index (χ0v) is 13.7. The molecule has 130 valence electrons. The number of piperidine rings is 1. The topological polar surface area (TPSA) is 87.7 Å². The Labute approximate surface area is 145 Å². The lowest BCUT2D eigenvalue weighted by Crippen LogP contribution is -2.52. The average molecular weight is 341 g/mol. The normalized spacial score (nSPS) is 19.3. The molecule has 1 unspecified atom stereocenters. The van der Waals surface area contributed by atoms with Gasteiger partial charge in [0.1, 0.15) is 11.8 Å². The molecule has 0 aromatic heterocycles. The van der Waals surface area contributed by atoms with Crippen molar-refractivity contribution < 1.29 is 19.1 Å². The molecule has 2 aliphatic heterocycles. The second kappa shape index (κ2) is 6.80. The van der Waals surface area contributed by atoms with Crippen LogP contribution in [0.4, 0.5) is 5.69 Å². The van der Waals surface area contributed by atoms with Gasteiger partial charge in [0.05, 0.1) is 12.8 Å². The number of rotatable bonds is 6. The number of imide groups is 1. The van der Waals surface area contributed by atoms with E-state index in [1.807, 2.05) is 6.07 Å². The quantitative estimate of drug-likeness (QED) is 0.605. The summed E-state index contributed by atoms with van der Waals surface area (Å²) in [5, 5.41) is 5.48. The van der Waals surface area contributed by atoms with Crippen LogP contribution in [0.25, 0.3) is 0 Å². The smallest absolute Gasteiger partial charge is 0.255 e. The highest BCUT2D eigenvalue weighted by atomic mass is 16.5. The highest BCUT2D eigenvalue weighted by Gasteiger charge is 2.39. The summed E-state index contributed by atoms with van der Waals surface area (Å²) >= 11 is 0. The molecule has 3 amide bonds. The first-order chi connectivity index (χ1) is 12.0. The number of carbonyl (C=O) groups excluding carboxylic acids is 3. The van der Waals surface area contributed by atoms with Crippen molar-refractivity contribution >= 4 is 23.4 Å². The minimum Gasteiger partial charge on any atom is -0.469 e. The maximum Gasteiger partial charge on any atom is 0.255 e. The highest BCUT2D eigenvalue weighted by Crippen LogP contribution is 2.32. The van der Waals surface area contributed by atoms with E-state index in [0.717, 1.165) is 11.3 Å². The minimum absolute atomic E-state index is 0.200. The SMILES string of the molecule is C=COC(=C)CNc1cccc2c1CN(C1CCC(=O)NC1=O)C2=O. The third-order valence-corrected chi connectivity index (χ3v) is 4.31. The van der Waals surface area contributed by atoms with E-state index in [4.69, 9.17) is 4.74 Å². The van der Waals surface area contributed by atoms with E-state index in [9.17, 15) is 14.4 Å². The molecular formula is C18H19N3O4. The summed E-state index contributed by atoms with van der Waals surface area (Å²) in [6.45, 7) is 7.92. The molecule has 2 aliphatic rings. The monoisotopic (exact) mass is 341 g/mol. The fraction of sp³-hybridized carbons (Fsp3) is 0.278. The lowest BCUT2D eigenvalue weighted by Gasteiger charge is -2.29. The lowest BCUT2D eigenvalue weighted by molar-refractivity contribution is -0.136. The zero-order valence-electron chi connectivity index (χ0n) is 13.7. The van der Waals surface area contributed by atoms with Gasteiger partial charge in [-0.1, -0.05) is 19.2 Å². The number of carbonyl (C=O) groups is 3. The fourth-order valence-electron chi connectivity index (χ4n) is 3.10. The number of ether oxygens (including phenoxy) is 1. The number of fused-ring (bicyclic) bond motifs is 1. The Morgan fingerprint density at radius 1 is 1.40 bits per heavy atom. The molecule has 1 aromatic rings. The van der Waals surface area contributed by atoms with Crippen LogP contribution in [0, 0.1) is 0 Å². The molecule has 1 aromatic carbocycles. The van der Waals surface area contributed by atoms with Crippen molar-refractivity contribution in [2.45, 2.75) is 25.4 Å². The predicted molar refractivity (Wildman–Crippen MR) is 91.4 cm³/mol. The maximum absolute atomic E-state index is 12.7. The average Bonchev–Trinajstić information content (AvgIpc) is 2.91. The molecule has 7 nitrogen and oxygen atoms in total. The Balaban J connectivity index is 1.78. The molecular weight excluding hydrogens is 322 g/mol. The van der Waals surface area contributed by atoms with Gasteiger partial charge < -0.3 is 15.0 Å². The summed E-state index contributed by atoms with van der Waals surface area (Å²) in [6.07, 6.45) is 1.88. The first-order valence-corrected chi connectivity index (χ1v) is 7.97. The molecule has 7 heteroatoms. The van der Waals surface area contributed by atoms with E-state index in [-0.39, 0.29) is 18.2 Å². The number of nitrogens with zero attached hydrogens (tertiary/aromatic N) is 1. The molecule has 0 bridgehead atoms. The molecule has 1 saturated heterocycles. The molecule has 1 fully saturated rings. The van der Waals surface area contributed by atoms with E-state index in [1.54, 1.807) is 12.1 Å². The van der Waals surface area contributed by atoms with Crippen LogP contribution in [0.15, 0.2) is 43.4 Å². The van der Waals surface area contributed by atoms with E-state index >= 15 is 0 Å². The largest absolute Gasteiger partial charge is 0.469 e. The van der Waals surface area contributed by atoms with Crippen molar-refractivity contribution in [3.8, 4) is 0 Å². The fourth-order valence-corrected chi connectivity index (χ4v) is 3.10. The standard InChI is InChI=1S/C18H19N3O4/c1-3-25-11(2)9-19-14-6-4-5-12-13(14)10-21(18(12)24)15-7-8-16(22)20-17(15)23/h3-6,15,19H,1-2,7-10H2,(H,20,22,23). The Morgan fingerprint density at radius 2 is 2.20 bits per heavy atom. The van der Waals surface area contributed by atoms with Crippen molar-refractivity contribution in [2.75, 3.05) is 11.9 Å². The van der Waals surface area contributed by atoms with Crippen molar-refractivity contribution in [3.63, 3.8) is 0 Å². The van der Waals surface area contributed by atoms with Crippen molar-refractivity contribution in [3.05, 3.63) is 54.5 Å². The summed E-state index contributed by atoms with van der Waals surface area (Å²) in [6, 6.07) is 4.76. The lowest BCUT2D eigenvalue weighted by atomic mass is 10.0. The Hall–Kier alpha value is -3.09. The second-order valence-electron chi connectivity index (χ2n) is 5.91. The summed E-state index contributed by atoms with van der Waals surface area (Å²) < 4.78 is 5.09. The maximum atomic E-state index is 12.7. The van der Waals surface area contributed by atoms with Gasteiger partial charge in [0.25, 0.3) is 5.91 Å². The molecule has 1 atom stereocenters. The predicted octanol–water partition coefficient (Wildman–Crippen LogP) is 1.53. The van der Waals surface area contributed by atoms with Crippen LogP contribution in [0.5, 0.6) is 0 Å². The Bertz CT molecular complexity index is 772. The van der Waals surface area contributed by atoms with Gasteiger partial charge in [-0.05, 0) is 18.6 Å². The second-order valence-corrected chi connectivity index (χ2v) is 5.91. The number of nitrogens with one attached hydrogen (secondary N) is 2. The number of benzene rings is 1. The van der Waals surface area contributed by atoms with Gasteiger partial charge in [0, 0.05) is 29.8 Å². The highest BCUT2D eigenvalue weighted by molar-refractivity contribution is 6.06. The summed E-state index contributed by atoms with van der Waals surface area (Å²) in [4.78, 5) is 37.6. The summed E-state index contributed by atoms with van der Waals surface area (Å²) in [5.74, 6) is -0.415. The molecule has 3 rings (SSSR count). The molecule has 2 heterocycles. The first kappa shape index (κ1) is 16.8. The Morgan fingerprint density at radius 3 is 2.92 bits per heavy atom. The van der Waals surface area contributed by atoms with Crippen molar-refractivity contribution in [1.82, 2.24) is 10.2 Å². The van der Waals surface area contributed by atoms with E-state index in [1.165, 1.54) is 11.2 Å². The van der Waals surface area contributed by atoms with Gasteiger partial charge in [-0.15, -0.1) is 0 Å². The zero-order chi connectivity index (χ0) is 18.0. The van der Waals surface area contributed by atoms with E-state index < -0.39 is 11.9 Å².